The SMILES string of the molecule is C[C@H](Nc1ncnc2scnc12)c1nc2c(F)ccc(Cl)c2c(=O)n1N1CCN(C(=O)OC(C)(C)C)CC1. The van der Waals surface area contributed by atoms with E-state index in [0.717, 1.165) is 0 Å². The van der Waals surface area contributed by atoms with Gasteiger partial charge < -0.3 is 20.0 Å². The molecule has 5 rings (SSSR count). The highest BCUT2D eigenvalue weighted by Crippen LogP contribution is 2.27. The normalized spacial score (nSPS) is 15.2. The van der Waals surface area contributed by atoms with E-state index in [4.69, 9.17) is 16.3 Å². The van der Waals surface area contributed by atoms with Crippen molar-refractivity contribution in [2.24, 2.45) is 0 Å². The van der Waals surface area contributed by atoms with Gasteiger partial charge in [0, 0.05) is 13.1 Å². The predicted molar refractivity (Wildman–Crippen MR) is 144 cm³/mol. The molecule has 0 aliphatic carbocycles. The second-order valence-corrected chi connectivity index (χ2v) is 11.1. The van der Waals surface area contributed by atoms with E-state index in [1.54, 1.807) is 22.3 Å². The summed E-state index contributed by atoms with van der Waals surface area (Å²) in [7, 11) is 0. The minimum absolute atomic E-state index is 0.0129. The molecule has 4 heterocycles. The minimum atomic E-state index is -0.652. The smallest absolute Gasteiger partial charge is 0.410 e. The lowest BCUT2D eigenvalue weighted by molar-refractivity contribution is 0.0231. The molecular weight excluding hydrogens is 535 g/mol. The zero-order valence-electron chi connectivity index (χ0n) is 21.2. The van der Waals surface area contributed by atoms with Crippen LogP contribution in [0.2, 0.25) is 5.02 Å². The number of carbonyl (C=O) groups excluding carboxylic acids is 1. The molecule has 0 saturated carbocycles. The van der Waals surface area contributed by atoms with Crippen molar-refractivity contribution in [2.45, 2.75) is 39.3 Å². The Balaban J connectivity index is 1.53. The van der Waals surface area contributed by atoms with Gasteiger partial charge in [-0.15, -0.1) is 11.3 Å². The second-order valence-electron chi connectivity index (χ2n) is 9.86. The zero-order valence-corrected chi connectivity index (χ0v) is 22.8. The Morgan fingerprint density at radius 3 is 2.61 bits per heavy atom. The number of carbonyl (C=O) groups is 1. The predicted octanol–water partition coefficient (Wildman–Crippen LogP) is 3.95. The topological polar surface area (TPSA) is 118 Å². The Labute approximate surface area is 226 Å². The fraction of sp³-hybridized carbons (Fsp3) is 0.417. The number of thiazole rings is 1. The monoisotopic (exact) mass is 560 g/mol. The maximum Gasteiger partial charge on any atom is 0.410 e. The quantitative estimate of drug-likeness (QED) is 0.395. The molecule has 0 unspecified atom stereocenters. The number of ether oxygens (including phenoxy) is 1. The molecule has 11 nitrogen and oxygen atoms in total. The lowest BCUT2D eigenvalue weighted by Crippen LogP contribution is -2.57. The van der Waals surface area contributed by atoms with Crippen molar-refractivity contribution in [3.8, 4) is 0 Å². The van der Waals surface area contributed by atoms with E-state index in [2.05, 4.69) is 25.3 Å². The fourth-order valence-electron chi connectivity index (χ4n) is 4.25. The van der Waals surface area contributed by atoms with Gasteiger partial charge in [0.15, 0.2) is 11.6 Å². The Hall–Kier alpha value is -3.58. The highest BCUT2D eigenvalue weighted by Gasteiger charge is 2.30. The van der Waals surface area contributed by atoms with Crippen LogP contribution < -0.4 is 15.9 Å². The molecular formula is C24H26ClFN8O3S. The molecule has 4 aromatic rings. The summed E-state index contributed by atoms with van der Waals surface area (Å²) in [6.07, 6.45) is 1.00. The average Bonchev–Trinajstić information content (AvgIpc) is 3.35. The zero-order chi connectivity index (χ0) is 27.2. The summed E-state index contributed by atoms with van der Waals surface area (Å²) < 4.78 is 21.7. The highest BCUT2D eigenvalue weighted by molar-refractivity contribution is 7.16. The summed E-state index contributed by atoms with van der Waals surface area (Å²) in [4.78, 5) is 46.1. The summed E-state index contributed by atoms with van der Waals surface area (Å²) in [6.45, 7) is 8.51. The van der Waals surface area contributed by atoms with Gasteiger partial charge in [-0.1, -0.05) is 11.6 Å². The first-order chi connectivity index (χ1) is 18.0. The van der Waals surface area contributed by atoms with Crippen molar-refractivity contribution in [1.82, 2.24) is 29.5 Å². The van der Waals surface area contributed by atoms with E-state index >= 15 is 0 Å². The molecule has 1 aromatic carbocycles. The highest BCUT2D eigenvalue weighted by atomic mass is 35.5. The molecule has 14 heteroatoms. The lowest BCUT2D eigenvalue weighted by Gasteiger charge is -2.38. The fourth-order valence-corrected chi connectivity index (χ4v) is 5.11. The molecule has 200 valence electrons. The third kappa shape index (κ3) is 4.95. The van der Waals surface area contributed by atoms with Crippen molar-refractivity contribution in [1.29, 1.82) is 0 Å². The number of rotatable bonds is 4. The summed E-state index contributed by atoms with van der Waals surface area (Å²) in [5.74, 6) is 0.0723. The summed E-state index contributed by atoms with van der Waals surface area (Å²) >= 11 is 7.71. The molecule has 1 atom stereocenters. The number of anilines is 1. The van der Waals surface area contributed by atoms with Gasteiger partial charge in [-0.25, -0.2) is 33.8 Å². The van der Waals surface area contributed by atoms with E-state index in [9.17, 15) is 14.0 Å². The van der Waals surface area contributed by atoms with Gasteiger partial charge in [-0.3, -0.25) is 4.79 Å². The third-order valence-corrected chi connectivity index (χ3v) is 7.04. The number of aromatic nitrogens is 5. The first-order valence-corrected chi connectivity index (χ1v) is 13.2. The van der Waals surface area contributed by atoms with Crippen molar-refractivity contribution in [3.63, 3.8) is 0 Å². The van der Waals surface area contributed by atoms with Crippen LogP contribution in [0, 0.1) is 5.82 Å². The molecule has 1 amide bonds. The lowest BCUT2D eigenvalue weighted by atomic mass is 10.2. The van der Waals surface area contributed by atoms with Gasteiger partial charge in [-0.2, -0.15) is 0 Å². The van der Waals surface area contributed by atoms with Crippen LogP contribution in [0.3, 0.4) is 0 Å². The number of piperazine rings is 1. The number of halogens is 2. The van der Waals surface area contributed by atoms with Crippen molar-refractivity contribution >= 4 is 56.1 Å². The number of hydrogen-bond acceptors (Lipinski definition) is 10. The second kappa shape index (κ2) is 9.95. The molecule has 1 saturated heterocycles. The molecule has 1 fully saturated rings. The van der Waals surface area contributed by atoms with E-state index in [0.29, 0.717) is 42.3 Å². The van der Waals surface area contributed by atoms with Gasteiger partial charge >= 0.3 is 6.09 Å². The van der Waals surface area contributed by atoms with Crippen molar-refractivity contribution in [2.75, 3.05) is 36.5 Å². The maximum absolute atomic E-state index is 14.8. The largest absolute Gasteiger partial charge is 0.444 e. The maximum atomic E-state index is 14.8. The third-order valence-electron chi connectivity index (χ3n) is 5.99. The Morgan fingerprint density at radius 2 is 1.89 bits per heavy atom. The van der Waals surface area contributed by atoms with Crippen LogP contribution in [0.1, 0.15) is 39.6 Å². The van der Waals surface area contributed by atoms with Crippen LogP contribution in [0.4, 0.5) is 15.0 Å². The minimum Gasteiger partial charge on any atom is -0.444 e. The molecule has 0 bridgehead atoms. The van der Waals surface area contributed by atoms with Crippen LogP contribution in [0.15, 0.2) is 28.8 Å². The van der Waals surface area contributed by atoms with Gasteiger partial charge in [0.2, 0.25) is 0 Å². The van der Waals surface area contributed by atoms with Gasteiger partial charge in [0.25, 0.3) is 5.56 Å². The summed E-state index contributed by atoms with van der Waals surface area (Å²) in [6, 6.07) is 1.94. The van der Waals surface area contributed by atoms with Crippen LogP contribution >= 0.6 is 22.9 Å². The van der Waals surface area contributed by atoms with Crippen molar-refractivity contribution < 1.29 is 13.9 Å². The number of amides is 1. The van der Waals surface area contributed by atoms with Gasteiger partial charge in [0.05, 0.1) is 35.1 Å². The summed E-state index contributed by atoms with van der Waals surface area (Å²) in [5.41, 5.74) is 1.01. The molecule has 1 aliphatic rings. The first kappa shape index (κ1) is 26.0. The number of fused-ring (bicyclic) bond motifs is 2. The molecule has 38 heavy (non-hydrogen) atoms. The van der Waals surface area contributed by atoms with E-state index < -0.39 is 29.1 Å². The number of benzene rings is 1. The van der Waals surface area contributed by atoms with Gasteiger partial charge in [-0.05, 0) is 39.8 Å². The molecule has 3 aromatic heterocycles. The van der Waals surface area contributed by atoms with E-state index in [1.165, 1.54) is 34.5 Å². The average molecular weight is 561 g/mol. The standard InChI is InChI=1S/C24H26ClFN8O3S/c1-13(30-19-18-21(28-11-27-19)38-12-29-18)20-31-17-15(26)6-5-14(25)16(17)22(35)34(20)33-9-7-32(8-10-33)23(36)37-24(2,3)4/h5-6,11-13H,7-10H2,1-4H3,(H,27,28,30)/t13-/m0/s1. The number of hydrogen-bond donors (Lipinski definition) is 1. The molecule has 0 spiro atoms. The Morgan fingerprint density at radius 1 is 1.16 bits per heavy atom. The van der Waals surface area contributed by atoms with E-state index in [-0.39, 0.29) is 21.7 Å². The number of nitrogens with zero attached hydrogens (tertiary/aromatic N) is 7. The molecule has 1 aliphatic heterocycles. The van der Waals surface area contributed by atoms with Crippen LogP contribution in [-0.4, -0.2) is 67.4 Å². The Bertz CT molecular complexity index is 1580. The van der Waals surface area contributed by atoms with Gasteiger partial charge in [0.1, 0.15) is 33.6 Å². The summed E-state index contributed by atoms with van der Waals surface area (Å²) in [5, 5.41) is 5.12. The Kier molecular flexibility index (Phi) is 6.82. The van der Waals surface area contributed by atoms with E-state index in [1.807, 2.05) is 20.8 Å². The van der Waals surface area contributed by atoms with Crippen LogP contribution in [0.5, 0.6) is 0 Å². The first-order valence-electron chi connectivity index (χ1n) is 12.0. The number of nitrogens with one attached hydrogen (secondary N) is 1. The molecule has 0 radical (unpaired) electrons. The van der Waals surface area contributed by atoms with Crippen LogP contribution in [0.25, 0.3) is 21.3 Å². The van der Waals surface area contributed by atoms with Crippen molar-refractivity contribution in [3.05, 3.63) is 51.0 Å². The molecule has 1 N–H and O–H groups in total. The van der Waals surface area contributed by atoms with Crippen LogP contribution in [-0.2, 0) is 4.74 Å².